The molecule has 176 valence electrons. The summed E-state index contributed by atoms with van der Waals surface area (Å²) >= 11 is 0. The Morgan fingerprint density at radius 3 is 2.35 bits per heavy atom. The molecule has 3 aromatic rings. The topological polar surface area (TPSA) is 42.2 Å². The van der Waals surface area contributed by atoms with Gasteiger partial charge in [0.1, 0.15) is 18.1 Å². The van der Waals surface area contributed by atoms with Crippen molar-refractivity contribution in [3.63, 3.8) is 0 Å². The van der Waals surface area contributed by atoms with E-state index in [1.165, 1.54) is 11.1 Å². The third kappa shape index (κ3) is 6.20. The largest absolute Gasteiger partial charge is 0.491 e. The molecule has 0 N–H and O–H groups in total. The molecule has 2 atom stereocenters. The Morgan fingerprint density at radius 2 is 1.68 bits per heavy atom. The Bertz CT molecular complexity index is 1120. The number of benzene rings is 3. The van der Waals surface area contributed by atoms with Crippen LogP contribution in [0.4, 0.5) is 0 Å². The van der Waals surface area contributed by atoms with Crippen LogP contribution in [0, 0.1) is 16.7 Å². The summed E-state index contributed by atoms with van der Waals surface area (Å²) < 4.78 is 12.7. The quantitative estimate of drug-likeness (QED) is 0.334. The Balaban J connectivity index is 1.52. The summed E-state index contributed by atoms with van der Waals surface area (Å²) in [5.74, 6) is 1.46. The summed E-state index contributed by atoms with van der Waals surface area (Å²) in [6.07, 6.45) is 4.99. The van der Waals surface area contributed by atoms with Crippen molar-refractivity contribution >= 4 is 0 Å². The molecule has 0 aliphatic heterocycles. The zero-order chi connectivity index (χ0) is 24.0. The van der Waals surface area contributed by atoms with Crippen LogP contribution in [0.5, 0.6) is 11.5 Å². The fraction of sp³-hybridized carbons (Fsp3) is 0.387. The molecule has 2 unspecified atom stereocenters. The lowest BCUT2D eigenvalue weighted by atomic mass is 9.69. The van der Waals surface area contributed by atoms with Gasteiger partial charge in [0, 0.05) is 11.6 Å². The van der Waals surface area contributed by atoms with E-state index in [4.69, 9.17) is 9.47 Å². The van der Waals surface area contributed by atoms with Crippen LogP contribution in [0.2, 0.25) is 0 Å². The van der Waals surface area contributed by atoms with E-state index in [0.717, 1.165) is 54.7 Å². The molecule has 34 heavy (non-hydrogen) atoms. The number of hydrogen-bond donors (Lipinski definition) is 0. The van der Waals surface area contributed by atoms with Crippen molar-refractivity contribution in [1.29, 1.82) is 5.26 Å². The van der Waals surface area contributed by atoms with Gasteiger partial charge in [-0.1, -0.05) is 74.5 Å². The SMILES string of the molecule is CC(CCCc1ccccc1)Oc1cc2c(c(OCc3ccccc3)c1)C(C#N)CC(C)(C)C2. The predicted molar refractivity (Wildman–Crippen MR) is 137 cm³/mol. The molecule has 0 bridgehead atoms. The van der Waals surface area contributed by atoms with Crippen LogP contribution >= 0.6 is 0 Å². The van der Waals surface area contributed by atoms with Crippen molar-refractivity contribution < 1.29 is 9.47 Å². The summed E-state index contributed by atoms with van der Waals surface area (Å²) in [5, 5.41) is 9.95. The number of nitrogens with zero attached hydrogens (tertiary/aromatic N) is 1. The molecule has 0 spiro atoms. The summed E-state index contributed by atoms with van der Waals surface area (Å²) in [5.41, 5.74) is 4.78. The summed E-state index contributed by atoms with van der Waals surface area (Å²) in [4.78, 5) is 0. The Labute approximate surface area is 204 Å². The third-order valence-electron chi connectivity index (χ3n) is 6.62. The van der Waals surface area contributed by atoms with Gasteiger partial charge in [-0.2, -0.15) is 5.26 Å². The minimum Gasteiger partial charge on any atom is -0.491 e. The van der Waals surface area contributed by atoms with E-state index in [1.807, 2.05) is 24.3 Å². The predicted octanol–water partition coefficient (Wildman–Crippen LogP) is 7.64. The molecule has 1 aliphatic carbocycles. The number of aryl methyl sites for hydroxylation is 1. The van der Waals surface area contributed by atoms with E-state index in [1.54, 1.807) is 0 Å². The molecule has 1 aliphatic rings. The van der Waals surface area contributed by atoms with E-state index in [0.29, 0.717) is 6.61 Å². The maximum absolute atomic E-state index is 9.95. The molecule has 0 aromatic heterocycles. The highest BCUT2D eigenvalue weighted by atomic mass is 16.5. The first-order chi connectivity index (χ1) is 16.4. The van der Waals surface area contributed by atoms with Gasteiger partial charge in [-0.05, 0) is 67.2 Å². The van der Waals surface area contributed by atoms with Crippen LogP contribution in [0.15, 0.2) is 72.8 Å². The smallest absolute Gasteiger partial charge is 0.128 e. The minimum absolute atomic E-state index is 0.0734. The van der Waals surface area contributed by atoms with Gasteiger partial charge < -0.3 is 9.47 Å². The molecule has 4 rings (SSSR count). The number of fused-ring (bicyclic) bond motifs is 1. The van der Waals surface area contributed by atoms with Gasteiger partial charge in [-0.3, -0.25) is 0 Å². The van der Waals surface area contributed by atoms with Crippen molar-refractivity contribution in [1.82, 2.24) is 0 Å². The van der Waals surface area contributed by atoms with Crippen LogP contribution in [0.1, 0.15) is 68.2 Å². The minimum atomic E-state index is -0.165. The van der Waals surface area contributed by atoms with Crippen LogP contribution in [-0.2, 0) is 19.4 Å². The lowest BCUT2D eigenvalue weighted by Gasteiger charge is -2.35. The van der Waals surface area contributed by atoms with Crippen molar-refractivity contribution in [3.05, 3.63) is 95.1 Å². The maximum atomic E-state index is 9.95. The molecule has 0 amide bonds. The normalized spacial score (nSPS) is 17.3. The molecule has 3 nitrogen and oxygen atoms in total. The fourth-order valence-electron chi connectivity index (χ4n) is 5.00. The zero-order valence-corrected chi connectivity index (χ0v) is 20.6. The van der Waals surface area contributed by atoms with Crippen LogP contribution in [-0.4, -0.2) is 6.10 Å². The van der Waals surface area contributed by atoms with E-state index in [9.17, 15) is 5.26 Å². The highest BCUT2D eigenvalue weighted by molar-refractivity contribution is 5.52. The molecular weight excluding hydrogens is 418 g/mol. The molecule has 3 heteroatoms. The first-order valence-electron chi connectivity index (χ1n) is 12.4. The van der Waals surface area contributed by atoms with Crippen molar-refractivity contribution in [2.45, 2.75) is 71.5 Å². The second-order valence-electron chi connectivity index (χ2n) is 10.3. The average Bonchev–Trinajstić information content (AvgIpc) is 2.82. The summed E-state index contributed by atoms with van der Waals surface area (Å²) in [7, 11) is 0. The molecule has 0 saturated carbocycles. The molecule has 0 saturated heterocycles. The summed E-state index contributed by atoms with van der Waals surface area (Å²) in [6, 6.07) is 27.4. The van der Waals surface area contributed by atoms with Crippen molar-refractivity contribution in [3.8, 4) is 17.6 Å². The molecule has 0 radical (unpaired) electrons. The number of hydrogen-bond acceptors (Lipinski definition) is 3. The zero-order valence-electron chi connectivity index (χ0n) is 20.6. The van der Waals surface area contributed by atoms with E-state index >= 15 is 0 Å². The van der Waals surface area contributed by atoms with Gasteiger partial charge in [-0.25, -0.2) is 0 Å². The Morgan fingerprint density at radius 1 is 1.00 bits per heavy atom. The Hall–Kier alpha value is -3.25. The number of ether oxygens (including phenoxy) is 2. The van der Waals surface area contributed by atoms with Gasteiger partial charge >= 0.3 is 0 Å². The summed E-state index contributed by atoms with van der Waals surface area (Å²) in [6.45, 7) is 7.09. The highest BCUT2D eigenvalue weighted by Crippen LogP contribution is 2.47. The monoisotopic (exact) mass is 453 g/mol. The second-order valence-corrected chi connectivity index (χ2v) is 10.3. The van der Waals surface area contributed by atoms with Gasteiger partial charge in [0.2, 0.25) is 0 Å². The lowest BCUT2D eigenvalue weighted by Crippen LogP contribution is -2.26. The average molecular weight is 454 g/mol. The van der Waals surface area contributed by atoms with Crippen LogP contribution in [0.25, 0.3) is 0 Å². The third-order valence-corrected chi connectivity index (χ3v) is 6.62. The highest BCUT2D eigenvalue weighted by Gasteiger charge is 2.35. The maximum Gasteiger partial charge on any atom is 0.128 e. The fourth-order valence-corrected chi connectivity index (χ4v) is 5.00. The van der Waals surface area contributed by atoms with E-state index in [2.05, 4.69) is 75.4 Å². The van der Waals surface area contributed by atoms with Gasteiger partial charge in [0.05, 0.1) is 18.1 Å². The van der Waals surface area contributed by atoms with Gasteiger partial charge in [0.25, 0.3) is 0 Å². The van der Waals surface area contributed by atoms with Gasteiger partial charge in [-0.15, -0.1) is 0 Å². The molecule has 0 fully saturated rings. The van der Waals surface area contributed by atoms with Crippen molar-refractivity contribution in [2.24, 2.45) is 5.41 Å². The molecular formula is C31H35NO2. The number of rotatable bonds is 9. The van der Waals surface area contributed by atoms with Gasteiger partial charge in [0.15, 0.2) is 0 Å². The van der Waals surface area contributed by atoms with E-state index < -0.39 is 0 Å². The first-order valence-corrected chi connectivity index (χ1v) is 12.4. The number of nitriles is 1. The Kier molecular flexibility index (Phi) is 7.58. The second kappa shape index (κ2) is 10.8. The lowest BCUT2D eigenvalue weighted by molar-refractivity contribution is 0.204. The van der Waals surface area contributed by atoms with Crippen LogP contribution < -0.4 is 9.47 Å². The van der Waals surface area contributed by atoms with Crippen LogP contribution in [0.3, 0.4) is 0 Å². The van der Waals surface area contributed by atoms with Crippen molar-refractivity contribution in [2.75, 3.05) is 0 Å². The molecule has 0 heterocycles. The first kappa shape index (κ1) is 23.9. The van der Waals surface area contributed by atoms with E-state index in [-0.39, 0.29) is 17.4 Å². The molecule has 3 aromatic carbocycles. The standard InChI is InChI=1S/C31H35NO2/c1-23(11-10-16-24-12-6-4-7-13-24)34-28-17-26-19-31(2,3)20-27(21-32)30(26)29(18-28)33-22-25-14-8-5-9-15-25/h4-9,12-15,17-18,23,27H,10-11,16,19-20,22H2,1-3H3.